The Balaban J connectivity index is 1.75. The Bertz CT molecular complexity index is 758. The summed E-state index contributed by atoms with van der Waals surface area (Å²) in [6.07, 6.45) is 3.30. The summed E-state index contributed by atoms with van der Waals surface area (Å²) in [4.78, 5) is 29.9. The van der Waals surface area contributed by atoms with Crippen LogP contribution in [-0.2, 0) is 16.0 Å². The van der Waals surface area contributed by atoms with Crippen LogP contribution in [0.5, 0.6) is 0 Å². The molecule has 0 saturated carbocycles. The molecule has 2 aromatic heterocycles. The van der Waals surface area contributed by atoms with Gasteiger partial charge in [0.25, 0.3) is 0 Å². The standard InChI is InChI=1S/C17H21N3O3/c1-11-4-3-7-20-14(12(2)18-16(11)20)10-15(21)19-8-5-13(6-9-19)17(22)23/h3-4,7,13H,5-6,8-10H2,1-2H3,(H,22,23). The minimum Gasteiger partial charge on any atom is -0.481 e. The minimum atomic E-state index is -0.759. The van der Waals surface area contributed by atoms with Gasteiger partial charge in [0.1, 0.15) is 5.65 Å². The zero-order chi connectivity index (χ0) is 16.6. The minimum absolute atomic E-state index is 0.0419. The van der Waals surface area contributed by atoms with Crippen LogP contribution in [0.3, 0.4) is 0 Å². The van der Waals surface area contributed by atoms with E-state index in [-0.39, 0.29) is 11.8 Å². The summed E-state index contributed by atoms with van der Waals surface area (Å²) < 4.78 is 1.98. The maximum absolute atomic E-state index is 12.6. The Morgan fingerprint density at radius 3 is 2.65 bits per heavy atom. The molecule has 1 N–H and O–H groups in total. The summed E-state index contributed by atoms with van der Waals surface area (Å²) in [5, 5.41) is 9.04. The van der Waals surface area contributed by atoms with Gasteiger partial charge in [-0.3, -0.25) is 9.59 Å². The first-order chi connectivity index (χ1) is 11.0. The van der Waals surface area contributed by atoms with Gasteiger partial charge in [-0.25, -0.2) is 4.98 Å². The van der Waals surface area contributed by atoms with Gasteiger partial charge < -0.3 is 14.4 Å². The van der Waals surface area contributed by atoms with E-state index in [0.717, 1.165) is 22.6 Å². The normalized spacial score (nSPS) is 16.0. The van der Waals surface area contributed by atoms with Crippen LogP contribution in [0.2, 0.25) is 0 Å². The van der Waals surface area contributed by atoms with Crippen molar-refractivity contribution in [1.82, 2.24) is 14.3 Å². The van der Waals surface area contributed by atoms with Crippen molar-refractivity contribution in [1.29, 1.82) is 0 Å². The maximum atomic E-state index is 12.6. The van der Waals surface area contributed by atoms with E-state index in [0.29, 0.717) is 32.4 Å². The average molecular weight is 315 g/mol. The van der Waals surface area contributed by atoms with Gasteiger partial charge in [0, 0.05) is 19.3 Å². The largest absolute Gasteiger partial charge is 0.481 e. The van der Waals surface area contributed by atoms with Crippen LogP contribution < -0.4 is 0 Å². The van der Waals surface area contributed by atoms with Crippen molar-refractivity contribution in [2.75, 3.05) is 13.1 Å². The molecule has 0 bridgehead atoms. The fourth-order valence-electron chi connectivity index (χ4n) is 3.21. The Morgan fingerprint density at radius 1 is 1.30 bits per heavy atom. The number of carboxylic acid groups (broad SMARTS) is 1. The molecular weight excluding hydrogens is 294 g/mol. The van der Waals surface area contributed by atoms with Crippen LogP contribution >= 0.6 is 0 Å². The number of pyridine rings is 1. The zero-order valence-corrected chi connectivity index (χ0v) is 13.5. The highest BCUT2D eigenvalue weighted by Gasteiger charge is 2.27. The molecule has 23 heavy (non-hydrogen) atoms. The number of piperidine rings is 1. The molecule has 3 rings (SSSR count). The van der Waals surface area contributed by atoms with Crippen molar-refractivity contribution in [3.63, 3.8) is 0 Å². The number of aliphatic carboxylic acids is 1. The molecular formula is C17H21N3O3. The lowest BCUT2D eigenvalue weighted by molar-refractivity contribution is -0.145. The first-order valence-electron chi connectivity index (χ1n) is 7.91. The third-order valence-electron chi connectivity index (χ3n) is 4.66. The van der Waals surface area contributed by atoms with Crippen molar-refractivity contribution in [2.45, 2.75) is 33.1 Å². The summed E-state index contributed by atoms with van der Waals surface area (Å²) in [5.74, 6) is -1.04. The highest BCUT2D eigenvalue weighted by atomic mass is 16.4. The van der Waals surface area contributed by atoms with E-state index < -0.39 is 5.97 Å². The molecule has 6 nitrogen and oxygen atoms in total. The topological polar surface area (TPSA) is 74.9 Å². The number of imidazole rings is 1. The van der Waals surface area contributed by atoms with Gasteiger partial charge in [-0.1, -0.05) is 6.07 Å². The number of carbonyl (C=O) groups excluding carboxylic acids is 1. The number of hydrogen-bond acceptors (Lipinski definition) is 3. The monoisotopic (exact) mass is 315 g/mol. The van der Waals surface area contributed by atoms with E-state index >= 15 is 0 Å². The number of carboxylic acids is 1. The van der Waals surface area contributed by atoms with Crippen LogP contribution in [0.1, 0.15) is 29.8 Å². The van der Waals surface area contributed by atoms with E-state index in [1.54, 1.807) is 4.90 Å². The van der Waals surface area contributed by atoms with Crippen LogP contribution in [0, 0.1) is 19.8 Å². The number of nitrogens with zero attached hydrogens (tertiary/aromatic N) is 3. The molecule has 0 atom stereocenters. The Morgan fingerprint density at radius 2 is 2.00 bits per heavy atom. The Hall–Kier alpha value is -2.37. The molecule has 0 radical (unpaired) electrons. The van der Waals surface area contributed by atoms with Gasteiger partial charge in [0.05, 0.1) is 23.7 Å². The fourth-order valence-corrected chi connectivity index (χ4v) is 3.21. The van der Waals surface area contributed by atoms with Gasteiger partial charge in [0.2, 0.25) is 5.91 Å². The highest BCUT2D eigenvalue weighted by Crippen LogP contribution is 2.20. The smallest absolute Gasteiger partial charge is 0.306 e. The van der Waals surface area contributed by atoms with Crippen molar-refractivity contribution in [2.24, 2.45) is 5.92 Å². The summed E-state index contributed by atoms with van der Waals surface area (Å²) in [6, 6.07) is 3.96. The number of rotatable bonds is 3. The molecule has 0 unspecified atom stereocenters. The van der Waals surface area contributed by atoms with Crippen LogP contribution in [0.15, 0.2) is 18.3 Å². The first-order valence-corrected chi connectivity index (χ1v) is 7.91. The molecule has 6 heteroatoms. The molecule has 1 aliphatic rings. The lowest BCUT2D eigenvalue weighted by Gasteiger charge is -2.30. The summed E-state index contributed by atoms with van der Waals surface area (Å²) in [6.45, 7) is 4.96. The van der Waals surface area contributed by atoms with Crippen molar-refractivity contribution >= 4 is 17.5 Å². The quantitative estimate of drug-likeness (QED) is 0.937. The predicted molar refractivity (Wildman–Crippen MR) is 85.3 cm³/mol. The van der Waals surface area contributed by atoms with E-state index in [1.165, 1.54) is 0 Å². The maximum Gasteiger partial charge on any atom is 0.306 e. The average Bonchev–Trinajstić information content (AvgIpc) is 2.85. The molecule has 2 aromatic rings. The molecule has 0 spiro atoms. The van der Waals surface area contributed by atoms with Gasteiger partial charge in [-0.05, 0) is 38.3 Å². The van der Waals surface area contributed by atoms with Crippen molar-refractivity contribution in [3.8, 4) is 0 Å². The predicted octanol–water partition coefficient (Wildman–Crippen LogP) is 1.82. The Kier molecular flexibility index (Phi) is 4.07. The summed E-state index contributed by atoms with van der Waals surface area (Å²) in [7, 11) is 0. The highest BCUT2D eigenvalue weighted by molar-refractivity contribution is 5.79. The Labute approximate surface area is 134 Å². The van der Waals surface area contributed by atoms with Gasteiger partial charge in [-0.2, -0.15) is 0 Å². The van der Waals surface area contributed by atoms with Crippen molar-refractivity contribution in [3.05, 3.63) is 35.3 Å². The number of fused-ring (bicyclic) bond motifs is 1. The molecule has 1 fully saturated rings. The number of aromatic nitrogens is 2. The third-order valence-corrected chi connectivity index (χ3v) is 4.66. The summed E-state index contributed by atoms with van der Waals surface area (Å²) in [5.41, 5.74) is 3.75. The number of carbonyl (C=O) groups is 2. The van der Waals surface area contributed by atoms with Gasteiger partial charge in [-0.15, -0.1) is 0 Å². The molecule has 122 valence electrons. The van der Waals surface area contributed by atoms with E-state index in [2.05, 4.69) is 4.98 Å². The first kappa shape index (κ1) is 15.5. The molecule has 3 heterocycles. The summed E-state index contributed by atoms with van der Waals surface area (Å²) >= 11 is 0. The second kappa shape index (κ2) is 6.02. The van der Waals surface area contributed by atoms with Gasteiger partial charge in [0.15, 0.2) is 0 Å². The second-order valence-corrected chi connectivity index (χ2v) is 6.20. The zero-order valence-electron chi connectivity index (χ0n) is 13.5. The third kappa shape index (κ3) is 2.93. The van der Waals surface area contributed by atoms with E-state index in [4.69, 9.17) is 5.11 Å². The van der Waals surface area contributed by atoms with Gasteiger partial charge >= 0.3 is 5.97 Å². The number of likely N-dealkylation sites (tertiary alicyclic amines) is 1. The van der Waals surface area contributed by atoms with Crippen LogP contribution in [0.25, 0.3) is 5.65 Å². The lowest BCUT2D eigenvalue weighted by Crippen LogP contribution is -2.41. The second-order valence-electron chi connectivity index (χ2n) is 6.20. The molecule has 0 aromatic carbocycles. The molecule has 1 amide bonds. The van der Waals surface area contributed by atoms with Crippen molar-refractivity contribution < 1.29 is 14.7 Å². The van der Waals surface area contributed by atoms with E-state index in [9.17, 15) is 9.59 Å². The fraction of sp³-hybridized carbons (Fsp3) is 0.471. The number of amides is 1. The SMILES string of the molecule is Cc1nc2c(C)cccn2c1CC(=O)N1CCC(C(=O)O)CC1. The molecule has 1 saturated heterocycles. The van der Waals surface area contributed by atoms with E-state index in [1.807, 2.05) is 36.6 Å². The van der Waals surface area contributed by atoms with Crippen LogP contribution in [0.4, 0.5) is 0 Å². The number of hydrogen-bond donors (Lipinski definition) is 1. The molecule has 1 aliphatic heterocycles. The van der Waals surface area contributed by atoms with Crippen LogP contribution in [-0.4, -0.2) is 44.4 Å². The lowest BCUT2D eigenvalue weighted by atomic mass is 9.97. The number of aryl methyl sites for hydroxylation is 2. The molecule has 0 aliphatic carbocycles.